The summed E-state index contributed by atoms with van der Waals surface area (Å²) in [5, 5.41) is 3.18. The van der Waals surface area contributed by atoms with Crippen LogP contribution in [0.4, 0.5) is 0 Å². The van der Waals surface area contributed by atoms with Gasteiger partial charge in [-0.2, -0.15) is 0 Å². The van der Waals surface area contributed by atoms with Gasteiger partial charge >= 0.3 is 0 Å². The fraction of sp³-hybridized carbons (Fsp3) is 0.900. The molecule has 4 N–H and O–H groups in total. The van der Waals surface area contributed by atoms with Crippen molar-refractivity contribution in [3.05, 3.63) is 0 Å². The number of guanidine groups is 1. The molecule has 0 amide bonds. The molecule has 14 heavy (non-hydrogen) atoms. The summed E-state index contributed by atoms with van der Waals surface area (Å²) in [5.74, 6) is 6.09. The van der Waals surface area contributed by atoms with Crippen molar-refractivity contribution < 1.29 is 0 Å². The first-order valence-electron chi connectivity index (χ1n) is 5.45. The van der Waals surface area contributed by atoms with Crippen LogP contribution in [-0.4, -0.2) is 19.0 Å². The number of nitrogens with zero attached hydrogens (tertiary/aromatic N) is 1. The molecule has 1 aliphatic carbocycles. The molecule has 0 heterocycles. The Labute approximate surface area is 86.3 Å². The molecule has 0 aliphatic heterocycles. The molecule has 1 saturated carbocycles. The summed E-state index contributed by atoms with van der Waals surface area (Å²) < 4.78 is 0. The summed E-state index contributed by atoms with van der Waals surface area (Å²) in [7, 11) is 0. The van der Waals surface area contributed by atoms with Crippen molar-refractivity contribution in [1.29, 1.82) is 0 Å². The highest BCUT2D eigenvalue weighted by Gasteiger charge is 2.36. The largest absolute Gasteiger partial charge is 0.355 e. The lowest BCUT2D eigenvalue weighted by atomic mass is 10.1. The predicted molar refractivity (Wildman–Crippen MR) is 59.9 cm³/mol. The quantitative estimate of drug-likeness (QED) is 0.203. The molecule has 4 nitrogen and oxygen atoms in total. The van der Waals surface area contributed by atoms with Crippen LogP contribution in [0, 0.1) is 5.41 Å². The maximum absolute atomic E-state index is 5.36. The van der Waals surface area contributed by atoms with Crippen molar-refractivity contribution in [2.45, 2.75) is 39.5 Å². The van der Waals surface area contributed by atoms with E-state index < -0.39 is 0 Å². The number of unbranched alkanes of at least 4 members (excludes halogenated alkanes) is 1. The second-order valence-electron chi connectivity index (χ2n) is 4.40. The van der Waals surface area contributed by atoms with Crippen molar-refractivity contribution in [3.8, 4) is 0 Å². The van der Waals surface area contributed by atoms with E-state index in [4.69, 9.17) is 5.84 Å². The first-order chi connectivity index (χ1) is 6.70. The highest BCUT2D eigenvalue weighted by molar-refractivity contribution is 5.79. The van der Waals surface area contributed by atoms with Crippen LogP contribution < -0.4 is 16.6 Å². The van der Waals surface area contributed by atoms with Gasteiger partial charge in [0.1, 0.15) is 0 Å². The third kappa shape index (κ3) is 3.96. The normalized spacial score (nSPS) is 19.2. The van der Waals surface area contributed by atoms with Gasteiger partial charge in [-0.1, -0.05) is 20.3 Å². The molecule has 1 fully saturated rings. The highest BCUT2D eigenvalue weighted by atomic mass is 15.3. The van der Waals surface area contributed by atoms with Crippen LogP contribution in [0.2, 0.25) is 0 Å². The number of hydrogen-bond donors (Lipinski definition) is 3. The second-order valence-corrected chi connectivity index (χ2v) is 4.40. The summed E-state index contributed by atoms with van der Waals surface area (Å²) in [5.41, 5.74) is 3.05. The van der Waals surface area contributed by atoms with Gasteiger partial charge < -0.3 is 5.32 Å². The molecular weight excluding hydrogens is 176 g/mol. The zero-order valence-corrected chi connectivity index (χ0v) is 9.27. The third-order valence-electron chi connectivity index (χ3n) is 2.68. The Kier molecular flexibility index (Phi) is 4.20. The number of nitrogens with two attached hydrogens (primary N) is 1. The maximum atomic E-state index is 5.36. The Bertz CT molecular complexity index is 196. The van der Waals surface area contributed by atoms with Gasteiger partial charge in [0.2, 0.25) is 5.96 Å². The summed E-state index contributed by atoms with van der Waals surface area (Å²) in [6, 6.07) is 0. The molecule has 0 unspecified atom stereocenters. The van der Waals surface area contributed by atoms with E-state index >= 15 is 0 Å². The first-order valence-corrected chi connectivity index (χ1v) is 5.45. The molecule has 0 bridgehead atoms. The molecule has 0 aromatic carbocycles. The number of nitrogens with one attached hydrogen (secondary N) is 2. The lowest BCUT2D eigenvalue weighted by Gasteiger charge is -2.10. The van der Waals surface area contributed by atoms with Crippen LogP contribution in [0.3, 0.4) is 0 Å². The van der Waals surface area contributed by atoms with Gasteiger partial charge in [-0.3, -0.25) is 10.4 Å². The maximum Gasteiger partial charge on any atom is 0.205 e. The Hall–Kier alpha value is -0.770. The minimum absolute atomic E-state index is 0.453. The minimum atomic E-state index is 0.453. The van der Waals surface area contributed by atoms with E-state index in [-0.39, 0.29) is 0 Å². The van der Waals surface area contributed by atoms with Gasteiger partial charge in [0.25, 0.3) is 0 Å². The van der Waals surface area contributed by atoms with E-state index in [1.807, 2.05) is 0 Å². The molecule has 0 aromatic heterocycles. The lowest BCUT2D eigenvalue weighted by molar-refractivity contribution is 0.584. The molecule has 4 heteroatoms. The van der Waals surface area contributed by atoms with Gasteiger partial charge in [-0.05, 0) is 24.7 Å². The van der Waals surface area contributed by atoms with E-state index in [1.54, 1.807) is 0 Å². The topological polar surface area (TPSA) is 62.4 Å². The fourth-order valence-electron chi connectivity index (χ4n) is 1.18. The van der Waals surface area contributed by atoms with Gasteiger partial charge in [0, 0.05) is 13.1 Å². The number of rotatable bonds is 5. The zero-order chi connectivity index (χ0) is 10.4. The van der Waals surface area contributed by atoms with Gasteiger partial charge in [0.05, 0.1) is 0 Å². The fourth-order valence-corrected chi connectivity index (χ4v) is 1.18. The molecule has 0 saturated heterocycles. The van der Waals surface area contributed by atoms with Crippen molar-refractivity contribution >= 4 is 5.96 Å². The Morgan fingerprint density at radius 3 is 2.71 bits per heavy atom. The average Bonchev–Trinajstić information content (AvgIpc) is 2.90. The highest BCUT2D eigenvalue weighted by Crippen LogP contribution is 2.44. The number of hydrogen-bond acceptors (Lipinski definition) is 2. The van der Waals surface area contributed by atoms with Crippen molar-refractivity contribution in [3.63, 3.8) is 0 Å². The molecular formula is C10H22N4. The predicted octanol–water partition coefficient (Wildman–Crippen LogP) is 0.995. The smallest absolute Gasteiger partial charge is 0.205 e. The Morgan fingerprint density at radius 2 is 2.21 bits per heavy atom. The van der Waals surface area contributed by atoms with E-state index in [1.165, 1.54) is 19.3 Å². The van der Waals surface area contributed by atoms with E-state index in [0.29, 0.717) is 5.41 Å². The number of hydrazine groups is 1. The number of aliphatic imine (C=N–C) groups is 1. The Morgan fingerprint density at radius 1 is 1.50 bits per heavy atom. The van der Waals surface area contributed by atoms with Crippen LogP contribution in [0.1, 0.15) is 39.5 Å². The molecule has 0 radical (unpaired) electrons. The average molecular weight is 198 g/mol. The van der Waals surface area contributed by atoms with Crippen molar-refractivity contribution in [2.24, 2.45) is 16.3 Å². The SMILES string of the molecule is CCCCNC(=NCC1(C)CC1)NN. The van der Waals surface area contributed by atoms with Gasteiger partial charge in [0.15, 0.2) is 0 Å². The monoisotopic (exact) mass is 198 g/mol. The summed E-state index contributed by atoms with van der Waals surface area (Å²) >= 11 is 0. The third-order valence-corrected chi connectivity index (χ3v) is 2.68. The first kappa shape index (κ1) is 11.3. The van der Waals surface area contributed by atoms with E-state index in [2.05, 4.69) is 29.6 Å². The summed E-state index contributed by atoms with van der Waals surface area (Å²) in [4.78, 5) is 4.42. The molecule has 1 aliphatic rings. The molecule has 0 spiro atoms. The lowest BCUT2D eigenvalue weighted by Crippen LogP contribution is -2.42. The van der Waals surface area contributed by atoms with Crippen molar-refractivity contribution in [1.82, 2.24) is 10.7 Å². The van der Waals surface area contributed by atoms with Gasteiger partial charge in [-0.25, -0.2) is 5.84 Å². The van der Waals surface area contributed by atoms with Crippen LogP contribution in [0.5, 0.6) is 0 Å². The molecule has 0 aromatic rings. The molecule has 1 rings (SSSR count). The van der Waals surface area contributed by atoms with Gasteiger partial charge in [-0.15, -0.1) is 0 Å². The second kappa shape index (κ2) is 5.20. The molecule has 82 valence electrons. The summed E-state index contributed by atoms with van der Waals surface area (Å²) in [6.45, 7) is 6.25. The van der Waals surface area contributed by atoms with Crippen LogP contribution >= 0.6 is 0 Å². The molecule has 0 atom stereocenters. The van der Waals surface area contributed by atoms with Crippen LogP contribution in [0.25, 0.3) is 0 Å². The van der Waals surface area contributed by atoms with Crippen LogP contribution in [-0.2, 0) is 0 Å². The van der Waals surface area contributed by atoms with Crippen molar-refractivity contribution in [2.75, 3.05) is 13.1 Å². The Balaban J connectivity index is 2.21. The van der Waals surface area contributed by atoms with E-state index in [0.717, 1.165) is 25.5 Å². The summed E-state index contributed by atoms with van der Waals surface area (Å²) in [6.07, 6.45) is 4.92. The van der Waals surface area contributed by atoms with E-state index in [9.17, 15) is 0 Å². The zero-order valence-electron chi connectivity index (χ0n) is 9.27. The standard InChI is InChI=1S/C10H22N4/c1-3-4-7-12-9(14-11)13-8-10(2)5-6-10/h3-8,11H2,1-2H3,(H2,12,13,14). The van der Waals surface area contributed by atoms with Crippen LogP contribution in [0.15, 0.2) is 4.99 Å². The minimum Gasteiger partial charge on any atom is -0.355 e.